The van der Waals surface area contributed by atoms with E-state index in [0.717, 1.165) is 29.0 Å². The molecule has 0 N–H and O–H groups in total. The van der Waals surface area contributed by atoms with Crippen LogP contribution in [-0.4, -0.2) is 54.3 Å². The maximum absolute atomic E-state index is 12.2. The van der Waals surface area contributed by atoms with Crippen molar-refractivity contribution in [2.45, 2.75) is 18.9 Å². The molecule has 0 amide bonds. The predicted octanol–water partition coefficient (Wildman–Crippen LogP) is 2.47. The monoisotopic (exact) mass is 328 g/mol. The van der Waals surface area contributed by atoms with Crippen molar-refractivity contribution in [3.05, 3.63) is 20.8 Å². The molecule has 3 heterocycles. The Kier molecular flexibility index (Phi) is 3.84. The summed E-state index contributed by atoms with van der Waals surface area (Å²) in [7, 11) is 0. The molecule has 3 rings (SSSR count). The highest BCUT2D eigenvalue weighted by molar-refractivity contribution is 9.10. The van der Waals surface area contributed by atoms with Gasteiger partial charge in [0, 0.05) is 30.1 Å². The van der Waals surface area contributed by atoms with Crippen molar-refractivity contribution in [1.82, 2.24) is 9.80 Å². The highest BCUT2D eigenvalue weighted by Crippen LogP contribution is 2.25. The van der Waals surface area contributed by atoms with Crippen LogP contribution in [0.15, 0.2) is 15.9 Å². The van der Waals surface area contributed by atoms with Gasteiger partial charge in [-0.05, 0) is 46.8 Å². The summed E-state index contributed by atoms with van der Waals surface area (Å²) in [4.78, 5) is 18.0. The van der Waals surface area contributed by atoms with Gasteiger partial charge in [-0.25, -0.2) is 0 Å². The number of fused-ring (bicyclic) bond motifs is 1. The van der Waals surface area contributed by atoms with Crippen molar-refractivity contribution in [1.29, 1.82) is 0 Å². The number of halogens is 1. The topological polar surface area (TPSA) is 23.6 Å². The minimum Gasteiger partial charge on any atom is -0.298 e. The standard InChI is InChI=1S/C13H17BrN2OS/c14-11-3-7-18-13(11)12(17)9-15-5-6-16-4-1-2-10(16)8-15/h3,7,10H,1-2,4-6,8-9H2. The lowest BCUT2D eigenvalue weighted by Crippen LogP contribution is -2.51. The summed E-state index contributed by atoms with van der Waals surface area (Å²) in [6.07, 6.45) is 2.62. The Morgan fingerprint density at radius 2 is 2.33 bits per heavy atom. The maximum atomic E-state index is 12.2. The van der Waals surface area contributed by atoms with Crippen LogP contribution >= 0.6 is 27.3 Å². The molecule has 5 heteroatoms. The van der Waals surface area contributed by atoms with Crippen molar-refractivity contribution in [2.75, 3.05) is 32.7 Å². The summed E-state index contributed by atoms with van der Waals surface area (Å²) in [5.41, 5.74) is 0. The summed E-state index contributed by atoms with van der Waals surface area (Å²) in [6.45, 7) is 5.05. The lowest BCUT2D eigenvalue weighted by Gasteiger charge is -2.37. The Hall–Kier alpha value is -0.230. The van der Waals surface area contributed by atoms with Crippen molar-refractivity contribution in [3.63, 3.8) is 0 Å². The number of carbonyl (C=O) groups excluding carboxylic acids is 1. The number of ketones is 1. The van der Waals surface area contributed by atoms with E-state index in [1.165, 1.54) is 30.7 Å². The summed E-state index contributed by atoms with van der Waals surface area (Å²) in [5, 5.41) is 1.96. The number of Topliss-reactive ketones (excluding diaryl/α,β-unsaturated/α-hetero) is 1. The van der Waals surface area contributed by atoms with E-state index in [2.05, 4.69) is 25.7 Å². The smallest absolute Gasteiger partial charge is 0.187 e. The maximum Gasteiger partial charge on any atom is 0.187 e. The average molecular weight is 329 g/mol. The minimum absolute atomic E-state index is 0.253. The summed E-state index contributed by atoms with van der Waals surface area (Å²) < 4.78 is 0.942. The SMILES string of the molecule is O=C(CN1CCN2CCCC2C1)c1sccc1Br. The van der Waals surface area contributed by atoms with Gasteiger partial charge in [-0.3, -0.25) is 14.6 Å². The minimum atomic E-state index is 0.253. The average Bonchev–Trinajstić information content (AvgIpc) is 2.96. The van der Waals surface area contributed by atoms with Gasteiger partial charge in [0.05, 0.1) is 11.4 Å². The first kappa shape index (κ1) is 12.8. The molecule has 1 unspecified atom stereocenters. The largest absolute Gasteiger partial charge is 0.298 e. The first-order valence-corrected chi connectivity index (χ1v) is 8.14. The number of nitrogens with zero attached hydrogens (tertiary/aromatic N) is 2. The molecule has 0 aromatic carbocycles. The Balaban J connectivity index is 1.60. The molecule has 0 saturated carbocycles. The molecule has 2 saturated heterocycles. The second-order valence-electron chi connectivity index (χ2n) is 5.09. The zero-order chi connectivity index (χ0) is 12.5. The third kappa shape index (κ3) is 2.54. The van der Waals surface area contributed by atoms with E-state index in [1.54, 1.807) is 0 Å². The molecule has 98 valence electrons. The van der Waals surface area contributed by atoms with E-state index in [0.29, 0.717) is 12.6 Å². The summed E-state index contributed by atoms with van der Waals surface area (Å²) in [6, 6.07) is 2.64. The number of carbonyl (C=O) groups is 1. The molecule has 2 fully saturated rings. The molecular weight excluding hydrogens is 312 g/mol. The van der Waals surface area contributed by atoms with Crippen molar-refractivity contribution in [3.8, 4) is 0 Å². The molecular formula is C13H17BrN2OS. The van der Waals surface area contributed by atoms with Crippen LogP contribution in [0.1, 0.15) is 22.5 Å². The van der Waals surface area contributed by atoms with Crippen LogP contribution in [0.25, 0.3) is 0 Å². The van der Waals surface area contributed by atoms with Crippen LogP contribution in [-0.2, 0) is 0 Å². The van der Waals surface area contributed by atoms with E-state index in [9.17, 15) is 4.79 Å². The number of hydrogen-bond donors (Lipinski definition) is 0. The highest BCUT2D eigenvalue weighted by Gasteiger charge is 2.31. The molecule has 2 aliphatic heterocycles. The second kappa shape index (κ2) is 5.41. The fraction of sp³-hybridized carbons (Fsp3) is 0.615. The van der Waals surface area contributed by atoms with Gasteiger partial charge in [-0.15, -0.1) is 11.3 Å². The first-order chi connectivity index (χ1) is 8.74. The first-order valence-electron chi connectivity index (χ1n) is 6.46. The van der Waals surface area contributed by atoms with Gasteiger partial charge in [-0.2, -0.15) is 0 Å². The third-order valence-corrected chi connectivity index (χ3v) is 5.79. The molecule has 0 aliphatic carbocycles. The van der Waals surface area contributed by atoms with Crippen molar-refractivity contribution >= 4 is 33.0 Å². The van der Waals surface area contributed by atoms with Crippen LogP contribution in [0, 0.1) is 0 Å². The number of hydrogen-bond acceptors (Lipinski definition) is 4. The number of thiophene rings is 1. The Labute approximate surface area is 120 Å². The van der Waals surface area contributed by atoms with Crippen molar-refractivity contribution in [2.24, 2.45) is 0 Å². The Bertz CT molecular complexity index is 448. The quantitative estimate of drug-likeness (QED) is 0.796. The normalized spacial score (nSPS) is 25.3. The molecule has 18 heavy (non-hydrogen) atoms. The van der Waals surface area contributed by atoms with Crippen molar-refractivity contribution < 1.29 is 4.79 Å². The molecule has 0 spiro atoms. The van der Waals surface area contributed by atoms with Gasteiger partial charge in [0.15, 0.2) is 5.78 Å². The van der Waals surface area contributed by atoms with Crippen LogP contribution in [0.2, 0.25) is 0 Å². The lowest BCUT2D eigenvalue weighted by atomic mass is 10.1. The van der Waals surface area contributed by atoms with Crippen LogP contribution in [0.3, 0.4) is 0 Å². The van der Waals surface area contributed by atoms with E-state index in [1.807, 2.05) is 11.4 Å². The van der Waals surface area contributed by atoms with Crippen LogP contribution < -0.4 is 0 Å². The lowest BCUT2D eigenvalue weighted by molar-refractivity contribution is 0.0787. The van der Waals surface area contributed by atoms with Crippen LogP contribution in [0.4, 0.5) is 0 Å². The number of rotatable bonds is 3. The van der Waals surface area contributed by atoms with Gasteiger partial charge in [0.2, 0.25) is 0 Å². The molecule has 0 radical (unpaired) electrons. The predicted molar refractivity (Wildman–Crippen MR) is 77.4 cm³/mol. The molecule has 1 aromatic heterocycles. The van der Waals surface area contributed by atoms with Gasteiger partial charge in [0.1, 0.15) is 0 Å². The molecule has 1 aromatic rings. The van der Waals surface area contributed by atoms with Gasteiger partial charge >= 0.3 is 0 Å². The fourth-order valence-corrected chi connectivity index (χ4v) is 4.49. The van der Waals surface area contributed by atoms with Gasteiger partial charge in [0.25, 0.3) is 0 Å². The number of piperazine rings is 1. The summed E-state index contributed by atoms with van der Waals surface area (Å²) >= 11 is 4.97. The Morgan fingerprint density at radius 1 is 1.44 bits per heavy atom. The molecule has 2 aliphatic rings. The van der Waals surface area contributed by atoms with E-state index in [4.69, 9.17) is 0 Å². The van der Waals surface area contributed by atoms with E-state index >= 15 is 0 Å². The zero-order valence-corrected chi connectivity index (χ0v) is 12.7. The van der Waals surface area contributed by atoms with E-state index < -0.39 is 0 Å². The Morgan fingerprint density at radius 3 is 3.11 bits per heavy atom. The van der Waals surface area contributed by atoms with E-state index in [-0.39, 0.29) is 5.78 Å². The van der Waals surface area contributed by atoms with Gasteiger partial charge < -0.3 is 0 Å². The zero-order valence-electron chi connectivity index (χ0n) is 10.3. The van der Waals surface area contributed by atoms with Crippen LogP contribution in [0.5, 0.6) is 0 Å². The molecule has 1 atom stereocenters. The summed E-state index contributed by atoms with van der Waals surface area (Å²) in [5.74, 6) is 0.253. The third-order valence-electron chi connectivity index (χ3n) is 3.91. The molecule has 0 bridgehead atoms. The fourth-order valence-electron chi connectivity index (χ4n) is 2.97. The highest BCUT2D eigenvalue weighted by atomic mass is 79.9. The second-order valence-corrected chi connectivity index (χ2v) is 6.86. The van der Waals surface area contributed by atoms with Gasteiger partial charge in [-0.1, -0.05) is 0 Å². The molecule has 3 nitrogen and oxygen atoms in total.